The summed E-state index contributed by atoms with van der Waals surface area (Å²) in [4.78, 5) is 37.6. The predicted octanol–water partition coefficient (Wildman–Crippen LogP) is 1.89. The number of halogens is 2. The Hall–Kier alpha value is -2.51. The van der Waals surface area contributed by atoms with Gasteiger partial charge < -0.3 is 10.6 Å². The second-order valence-electron chi connectivity index (χ2n) is 6.68. The minimum Gasteiger partial charge on any atom is -0.352 e. The molecule has 1 aromatic carbocycles. The van der Waals surface area contributed by atoms with Gasteiger partial charge in [-0.05, 0) is 37.5 Å². The number of nitrogens with one attached hydrogen (secondary N) is 2. The van der Waals surface area contributed by atoms with Crippen LogP contribution in [0.3, 0.4) is 0 Å². The molecule has 2 atom stereocenters. The van der Waals surface area contributed by atoms with Gasteiger partial charge in [0.25, 0.3) is 5.91 Å². The molecule has 1 aliphatic heterocycles. The highest BCUT2D eigenvalue weighted by atomic mass is 19.2. The summed E-state index contributed by atoms with van der Waals surface area (Å²) in [7, 11) is 0. The van der Waals surface area contributed by atoms with Crippen LogP contribution in [0, 0.1) is 17.6 Å². The molecular weight excluding hydrogens is 332 g/mol. The zero-order chi connectivity index (χ0) is 18.9. The number of amides is 4. The van der Waals surface area contributed by atoms with Gasteiger partial charge in [0.2, 0.25) is 5.91 Å². The summed E-state index contributed by atoms with van der Waals surface area (Å²) >= 11 is 0. The number of benzene rings is 1. The number of urea groups is 1. The van der Waals surface area contributed by atoms with Crippen LogP contribution in [0.2, 0.25) is 0 Å². The normalized spacial score (nSPS) is 21.5. The van der Waals surface area contributed by atoms with Crippen molar-refractivity contribution in [3.05, 3.63) is 35.4 Å². The van der Waals surface area contributed by atoms with E-state index in [9.17, 15) is 23.2 Å². The molecule has 8 heteroatoms. The molecule has 4 amide bonds. The van der Waals surface area contributed by atoms with Gasteiger partial charge in [-0.2, -0.15) is 0 Å². The van der Waals surface area contributed by atoms with Crippen LogP contribution in [-0.4, -0.2) is 35.3 Å². The molecule has 1 heterocycles. The minimum absolute atomic E-state index is 0.100. The summed E-state index contributed by atoms with van der Waals surface area (Å²) in [6.45, 7) is 6.62. The summed E-state index contributed by atoms with van der Waals surface area (Å²) in [6, 6.07) is 2.09. The van der Waals surface area contributed by atoms with E-state index >= 15 is 0 Å². The van der Waals surface area contributed by atoms with E-state index < -0.39 is 41.6 Å². The topological polar surface area (TPSA) is 78.5 Å². The second-order valence-corrected chi connectivity index (χ2v) is 6.68. The molecule has 0 saturated carbocycles. The molecular formula is C17H21F2N3O3. The number of hydrogen-bond donors (Lipinski definition) is 2. The SMILES string of the molecule is CC(C)[C@@H](C)NC(=O)CN1C(=O)N[C@](C)(c2ccc(F)c(F)c2)C1=O. The number of rotatable bonds is 5. The van der Waals surface area contributed by atoms with Gasteiger partial charge >= 0.3 is 6.03 Å². The molecule has 0 aliphatic carbocycles. The third-order valence-corrected chi connectivity index (χ3v) is 4.46. The van der Waals surface area contributed by atoms with Crippen molar-refractivity contribution in [2.75, 3.05) is 6.54 Å². The Balaban J connectivity index is 2.18. The molecule has 0 unspecified atom stereocenters. The number of carbonyl (C=O) groups is 3. The first-order chi connectivity index (χ1) is 11.6. The van der Waals surface area contributed by atoms with Gasteiger partial charge in [0.15, 0.2) is 11.6 Å². The molecule has 0 bridgehead atoms. The van der Waals surface area contributed by atoms with Crippen molar-refractivity contribution in [3.63, 3.8) is 0 Å². The van der Waals surface area contributed by atoms with Crippen molar-refractivity contribution in [1.29, 1.82) is 0 Å². The Bertz CT molecular complexity index is 723. The van der Waals surface area contributed by atoms with Gasteiger partial charge in [0, 0.05) is 6.04 Å². The van der Waals surface area contributed by atoms with E-state index in [1.54, 1.807) is 0 Å². The Morgan fingerprint density at radius 1 is 1.24 bits per heavy atom. The van der Waals surface area contributed by atoms with E-state index in [0.717, 1.165) is 17.0 Å². The monoisotopic (exact) mass is 353 g/mol. The summed E-state index contributed by atoms with van der Waals surface area (Å²) in [5.74, 6) is -3.15. The first-order valence-electron chi connectivity index (χ1n) is 7.95. The van der Waals surface area contributed by atoms with Crippen LogP contribution in [0.4, 0.5) is 13.6 Å². The van der Waals surface area contributed by atoms with Gasteiger partial charge in [-0.15, -0.1) is 0 Å². The van der Waals surface area contributed by atoms with Crippen molar-refractivity contribution in [2.45, 2.75) is 39.3 Å². The lowest BCUT2D eigenvalue weighted by molar-refractivity contribution is -0.135. The highest BCUT2D eigenvalue weighted by Gasteiger charge is 2.49. The molecule has 2 N–H and O–H groups in total. The first-order valence-corrected chi connectivity index (χ1v) is 7.95. The standard InChI is InChI=1S/C17H21F2N3O3/c1-9(2)10(3)20-14(23)8-22-15(24)17(4,21-16(22)25)11-5-6-12(18)13(19)7-11/h5-7,9-10H,8H2,1-4H3,(H,20,23)(H,21,25)/t10-,17-/m1/s1. The zero-order valence-electron chi connectivity index (χ0n) is 14.5. The average molecular weight is 353 g/mol. The van der Waals surface area contributed by atoms with Crippen LogP contribution >= 0.6 is 0 Å². The van der Waals surface area contributed by atoms with Gasteiger partial charge in [-0.25, -0.2) is 13.6 Å². The van der Waals surface area contributed by atoms with Crippen LogP contribution in [0.1, 0.15) is 33.3 Å². The molecule has 1 aromatic rings. The Morgan fingerprint density at radius 2 is 1.88 bits per heavy atom. The van der Waals surface area contributed by atoms with E-state index in [1.165, 1.54) is 13.0 Å². The largest absolute Gasteiger partial charge is 0.352 e. The number of imide groups is 1. The molecule has 25 heavy (non-hydrogen) atoms. The maximum Gasteiger partial charge on any atom is 0.325 e. The highest BCUT2D eigenvalue weighted by Crippen LogP contribution is 2.29. The van der Waals surface area contributed by atoms with Crippen LogP contribution in [0.15, 0.2) is 18.2 Å². The lowest BCUT2D eigenvalue weighted by Crippen LogP contribution is -2.46. The van der Waals surface area contributed by atoms with E-state index in [0.29, 0.717) is 0 Å². The number of carbonyl (C=O) groups excluding carboxylic acids is 3. The molecule has 1 aliphatic rings. The van der Waals surface area contributed by atoms with Crippen molar-refractivity contribution in [3.8, 4) is 0 Å². The van der Waals surface area contributed by atoms with Gasteiger partial charge in [0.1, 0.15) is 12.1 Å². The lowest BCUT2D eigenvalue weighted by atomic mass is 9.92. The van der Waals surface area contributed by atoms with Gasteiger partial charge in [0.05, 0.1) is 0 Å². The summed E-state index contributed by atoms with van der Waals surface area (Å²) in [5, 5.41) is 5.15. The lowest BCUT2D eigenvalue weighted by Gasteiger charge is -2.23. The predicted molar refractivity (Wildman–Crippen MR) is 86.4 cm³/mol. The highest BCUT2D eigenvalue weighted by molar-refractivity contribution is 6.09. The Labute approximate surface area is 144 Å². The fraction of sp³-hybridized carbons (Fsp3) is 0.471. The minimum atomic E-state index is -1.56. The van der Waals surface area contributed by atoms with E-state index in [4.69, 9.17) is 0 Å². The molecule has 0 spiro atoms. The molecule has 0 radical (unpaired) electrons. The Kier molecular flexibility index (Phi) is 5.10. The first kappa shape index (κ1) is 18.8. The summed E-state index contributed by atoms with van der Waals surface area (Å²) < 4.78 is 26.6. The zero-order valence-corrected chi connectivity index (χ0v) is 14.5. The van der Waals surface area contributed by atoms with Crippen molar-refractivity contribution < 1.29 is 23.2 Å². The van der Waals surface area contributed by atoms with Crippen LogP contribution in [0.5, 0.6) is 0 Å². The van der Waals surface area contributed by atoms with Crippen LogP contribution in [-0.2, 0) is 15.1 Å². The summed E-state index contributed by atoms with van der Waals surface area (Å²) in [6.07, 6.45) is 0. The third-order valence-electron chi connectivity index (χ3n) is 4.46. The molecule has 1 saturated heterocycles. The van der Waals surface area contributed by atoms with Crippen LogP contribution < -0.4 is 10.6 Å². The molecule has 2 rings (SSSR count). The molecule has 0 aromatic heterocycles. The smallest absolute Gasteiger partial charge is 0.325 e. The van der Waals surface area contributed by atoms with Gasteiger partial charge in [-0.3, -0.25) is 14.5 Å². The number of hydrogen-bond acceptors (Lipinski definition) is 3. The third kappa shape index (κ3) is 3.62. The summed E-state index contributed by atoms with van der Waals surface area (Å²) in [5.41, 5.74) is -1.46. The second kappa shape index (κ2) is 6.78. The van der Waals surface area contributed by atoms with E-state index in [1.807, 2.05) is 20.8 Å². The fourth-order valence-corrected chi connectivity index (χ4v) is 2.45. The van der Waals surface area contributed by atoms with Crippen molar-refractivity contribution >= 4 is 17.8 Å². The fourth-order valence-electron chi connectivity index (χ4n) is 2.45. The molecule has 136 valence electrons. The van der Waals surface area contributed by atoms with E-state index in [2.05, 4.69) is 10.6 Å². The Morgan fingerprint density at radius 3 is 2.44 bits per heavy atom. The quantitative estimate of drug-likeness (QED) is 0.794. The van der Waals surface area contributed by atoms with E-state index in [-0.39, 0.29) is 17.5 Å². The van der Waals surface area contributed by atoms with Crippen molar-refractivity contribution in [2.24, 2.45) is 5.92 Å². The average Bonchev–Trinajstić information content (AvgIpc) is 2.74. The van der Waals surface area contributed by atoms with Crippen LogP contribution in [0.25, 0.3) is 0 Å². The molecule has 6 nitrogen and oxygen atoms in total. The van der Waals surface area contributed by atoms with Gasteiger partial charge in [-0.1, -0.05) is 19.9 Å². The number of nitrogens with zero attached hydrogens (tertiary/aromatic N) is 1. The van der Waals surface area contributed by atoms with Crippen molar-refractivity contribution in [1.82, 2.24) is 15.5 Å². The maximum atomic E-state index is 13.5. The maximum absolute atomic E-state index is 13.5. The molecule has 1 fully saturated rings.